The van der Waals surface area contributed by atoms with Crippen LogP contribution in [0.3, 0.4) is 0 Å². The van der Waals surface area contributed by atoms with Crippen molar-refractivity contribution in [3.8, 4) is 11.4 Å². The van der Waals surface area contributed by atoms with Crippen LogP contribution in [0.15, 0.2) is 36.4 Å². The van der Waals surface area contributed by atoms with Gasteiger partial charge in [0, 0.05) is 5.69 Å². The van der Waals surface area contributed by atoms with E-state index < -0.39 is 0 Å². The lowest BCUT2D eigenvalue weighted by atomic mass is 10.1. The molecular weight excluding hydrogens is 419 g/mol. The molecule has 1 aliphatic carbocycles. The summed E-state index contributed by atoms with van der Waals surface area (Å²) in [6, 6.07) is 12.4. The molecule has 1 saturated heterocycles. The van der Waals surface area contributed by atoms with E-state index in [0.29, 0.717) is 16.1 Å². The van der Waals surface area contributed by atoms with Crippen LogP contribution in [0.1, 0.15) is 41.7 Å². The third kappa shape index (κ3) is 3.49. The predicted octanol–water partition coefficient (Wildman–Crippen LogP) is 5.33. The van der Waals surface area contributed by atoms with E-state index >= 15 is 0 Å². The first-order chi connectivity index (χ1) is 14.5. The number of nitrogens with zero attached hydrogens (tertiary/aromatic N) is 4. The second-order valence-electron chi connectivity index (χ2n) is 8.14. The molecule has 2 heterocycles. The van der Waals surface area contributed by atoms with Crippen LogP contribution in [-0.4, -0.2) is 38.8 Å². The summed E-state index contributed by atoms with van der Waals surface area (Å²) in [7, 11) is 0. The summed E-state index contributed by atoms with van der Waals surface area (Å²) in [5.41, 5.74) is 3.41. The van der Waals surface area contributed by atoms with Gasteiger partial charge in [0.05, 0.1) is 16.1 Å². The molecule has 5 nitrogen and oxygen atoms in total. The predicted molar refractivity (Wildman–Crippen MR) is 119 cm³/mol. The molecule has 1 aliphatic heterocycles. The smallest absolute Gasteiger partial charge is 0.140 e. The van der Waals surface area contributed by atoms with E-state index in [2.05, 4.69) is 15.1 Å². The number of hydrogen-bond acceptors (Lipinski definition) is 4. The van der Waals surface area contributed by atoms with E-state index in [9.17, 15) is 0 Å². The molecule has 2 aliphatic rings. The highest BCUT2D eigenvalue weighted by molar-refractivity contribution is 6.42. The lowest BCUT2D eigenvalue weighted by Crippen LogP contribution is -2.38. The van der Waals surface area contributed by atoms with Crippen LogP contribution in [0.5, 0.6) is 5.75 Å². The fourth-order valence-electron chi connectivity index (χ4n) is 4.78. The van der Waals surface area contributed by atoms with E-state index in [1.165, 1.54) is 18.4 Å². The maximum absolute atomic E-state index is 6.57. The highest BCUT2D eigenvalue weighted by atomic mass is 35.5. The molecule has 3 aromatic rings. The van der Waals surface area contributed by atoms with Crippen molar-refractivity contribution in [2.75, 3.05) is 13.1 Å². The number of rotatable bonds is 4. The molecule has 1 aromatic heterocycles. The van der Waals surface area contributed by atoms with Crippen molar-refractivity contribution >= 4 is 23.2 Å². The van der Waals surface area contributed by atoms with Crippen molar-refractivity contribution in [1.82, 2.24) is 19.7 Å². The Labute approximate surface area is 186 Å². The summed E-state index contributed by atoms with van der Waals surface area (Å²) in [5, 5.41) is 9.49. The number of aromatic nitrogens is 3. The van der Waals surface area contributed by atoms with Crippen LogP contribution >= 0.6 is 23.2 Å². The number of ether oxygens (including phenoxy) is 1. The van der Waals surface area contributed by atoms with Crippen LogP contribution in [0, 0.1) is 13.8 Å². The third-order valence-corrected chi connectivity index (χ3v) is 6.94. The number of benzene rings is 2. The second-order valence-corrected chi connectivity index (χ2v) is 8.96. The molecule has 5 rings (SSSR count). The number of hydrogen-bond donors (Lipinski definition) is 0. The molecule has 7 heteroatoms. The molecule has 156 valence electrons. The molecule has 0 spiro atoms. The van der Waals surface area contributed by atoms with Gasteiger partial charge >= 0.3 is 0 Å². The Kier molecular flexibility index (Phi) is 5.21. The van der Waals surface area contributed by atoms with E-state index in [1.54, 1.807) is 0 Å². The van der Waals surface area contributed by atoms with Crippen molar-refractivity contribution in [1.29, 1.82) is 0 Å². The summed E-state index contributed by atoms with van der Waals surface area (Å²) in [6.45, 7) is 6.14. The van der Waals surface area contributed by atoms with E-state index in [-0.39, 0.29) is 6.10 Å². The molecule has 30 heavy (non-hydrogen) atoms. The van der Waals surface area contributed by atoms with Crippen LogP contribution in [0.2, 0.25) is 10.0 Å². The fraction of sp³-hybridized carbons (Fsp3) is 0.391. The fourth-order valence-corrected chi connectivity index (χ4v) is 5.14. The Hall–Kier alpha value is -2.08. The lowest BCUT2D eigenvalue weighted by Gasteiger charge is -2.30. The summed E-state index contributed by atoms with van der Waals surface area (Å²) in [5.74, 6) is 2.58. The Morgan fingerprint density at radius 2 is 1.57 bits per heavy atom. The monoisotopic (exact) mass is 442 g/mol. The minimum absolute atomic E-state index is 0.0582. The molecule has 0 amide bonds. The summed E-state index contributed by atoms with van der Waals surface area (Å²) in [6.07, 6.45) is 3.37. The largest absolute Gasteiger partial charge is 0.484 e. The second kappa shape index (κ2) is 7.88. The van der Waals surface area contributed by atoms with Gasteiger partial charge in [0.15, 0.2) is 0 Å². The van der Waals surface area contributed by atoms with Gasteiger partial charge in [-0.3, -0.25) is 9.47 Å². The minimum atomic E-state index is -0.0582. The van der Waals surface area contributed by atoms with Crippen molar-refractivity contribution in [2.24, 2.45) is 0 Å². The van der Waals surface area contributed by atoms with Crippen LogP contribution in [0.25, 0.3) is 5.69 Å². The number of halogens is 2. The van der Waals surface area contributed by atoms with Gasteiger partial charge in [-0.25, -0.2) is 0 Å². The summed E-state index contributed by atoms with van der Waals surface area (Å²) in [4.78, 5) is 2.55. The zero-order valence-electron chi connectivity index (χ0n) is 17.1. The Morgan fingerprint density at radius 1 is 0.933 bits per heavy atom. The SMILES string of the molecule is Cc1nnc(C)n1-c1ccc(O[C@H]2c3cc(Cl)c(Cl)cc3C[C@@H]2N2CCCC2)cc1. The number of aryl methyl sites for hydroxylation is 2. The number of likely N-dealkylation sites (tertiary alicyclic amines) is 1. The van der Waals surface area contributed by atoms with Crippen LogP contribution in [0.4, 0.5) is 0 Å². The van der Waals surface area contributed by atoms with Gasteiger partial charge in [0.25, 0.3) is 0 Å². The zero-order chi connectivity index (χ0) is 20.8. The standard InChI is InChI=1S/C23H24Cl2N4O/c1-14-26-27-15(2)29(14)17-5-7-18(8-6-17)30-23-19-13-21(25)20(24)11-16(19)12-22(23)28-9-3-4-10-28/h5-8,11,13,22-23H,3-4,9-10,12H2,1-2H3/t22-,23-/m0/s1. The average molecular weight is 443 g/mol. The molecular formula is C23H24Cl2N4O. The first-order valence-electron chi connectivity index (χ1n) is 10.4. The highest BCUT2D eigenvalue weighted by Gasteiger charge is 2.39. The van der Waals surface area contributed by atoms with Gasteiger partial charge in [-0.05, 0) is 93.7 Å². The first kappa shape index (κ1) is 19.9. The van der Waals surface area contributed by atoms with Gasteiger partial charge in [0.2, 0.25) is 0 Å². The Balaban J connectivity index is 1.45. The van der Waals surface area contributed by atoms with Crippen molar-refractivity contribution in [2.45, 2.75) is 45.3 Å². The molecule has 1 fully saturated rings. The van der Waals surface area contributed by atoms with E-state index in [0.717, 1.165) is 48.2 Å². The maximum Gasteiger partial charge on any atom is 0.140 e. The molecule has 0 radical (unpaired) electrons. The molecule has 0 saturated carbocycles. The molecule has 2 atom stereocenters. The van der Waals surface area contributed by atoms with Crippen molar-refractivity contribution in [3.63, 3.8) is 0 Å². The van der Waals surface area contributed by atoms with Crippen LogP contribution < -0.4 is 4.74 Å². The van der Waals surface area contributed by atoms with Gasteiger partial charge in [-0.2, -0.15) is 0 Å². The lowest BCUT2D eigenvalue weighted by molar-refractivity contribution is 0.0941. The zero-order valence-corrected chi connectivity index (χ0v) is 18.6. The minimum Gasteiger partial charge on any atom is -0.484 e. The molecule has 0 unspecified atom stereocenters. The van der Waals surface area contributed by atoms with E-state index in [1.807, 2.05) is 54.8 Å². The Bertz CT molecular complexity index is 1050. The normalized spacial score (nSPS) is 21.2. The third-order valence-electron chi connectivity index (χ3n) is 6.22. The van der Waals surface area contributed by atoms with Crippen LogP contribution in [-0.2, 0) is 6.42 Å². The number of fused-ring (bicyclic) bond motifs is 1. The molecule has 2 aromatic carbocycles. The van der Waals surface area contributed by atoms with Crippen molar-refractivity contribution < 1.29 is 4.74 Å². The topological polar surface area (TPSA) is 43.2 Å². The summed E-state index contributed by atoms with van der Waals surface area (Å²) >= 11 is 12.7. The van der Waals surface area contributed by atoms with E-state index in [4.69, 9.17) is 27.9 Å². The highest BCUT2D eigenvalue weighted by Crippen LogP contribution is 2.42. The Morgan fingerprint density at radius 3 is 2.23 bits per heavy atom. The van der Waals surface area contributed by atoms with Gasteiger partial charge in [0.1, 0.15) is 23.5 Å². The quantitative estimate of drug-likeness (QED) is 0.547. The molecule has 0 bridgehead atoms. The average Bonchev–Trinajstić information content (AvgIpc) is 3.44. The summed E-state index contributed by atoms with van der Waals surface area (Å²) < 4.78 is 8.60. The van der Waals surface area contributed by atoms with Gasteiger partial charge in [-0.15, -0.1) is 10.2 Å². The maximum atomic E-state index is 6.57. The van der Waals surface area contributed by atoms with Gasteiger partial charge in [-0.1, -0.05) is 23.2 Å². The molecule has 0 N–H and O–H groups in total. The van der Waals surface area contributed by atoms with Crippen molar-refractivity contribution in [3.05, 3.63) is 69.2 Å². The first-order valence-corrected chi connectivity index (χ1v) is 11.1. The van der Waals surface area contributed by atoms with Gasteiger partial charge < -0.3 is 4.74 Å².